The van der Waals surface area contributed by atoms with Crippen LogP contribution < -0.4 is 15.2 Å². The maximum Gasteiger partial charge on any atom is 0.240 e. The predicted octanol–water partition coefficient (Wildman–Crippen LogP) is 2.06. The van der Waals surface area contributed by atoms with Crippen LogP contribution in [0.5, 0.6) is 5.75 Å². The molecule has 5 nitrogen and oxygen atoms in total. The Morgan fingerprint density at radius 1 is 1.19 bits per heavy atom. The number of benzene rings is 2. The zero-order valence-corrected chi connectivity index (χ0v) is 12.8. The van der Waals surface area contributed by atoms with Crippen molar-refractivity contribution in [3.8, 4) is 5.75 Å². The minimum atomic E-state index is -3.53. The summed E-state index contributed by atoms with van der Waals surface area (Å²) in [4.78, 5) is 0.254. The Morgan fingerprint density at radius 2 is 1.95 bits per heavy atom. The van der Waals surface area contributed by atoms with Crippen molar-refractivity contribution in [2.45, 2.75) is 18.4 Å². The molecule has 0 saturated heterocycles. The Bertz CT molecular complexity index is 742. The third-order valence-corrected chi connectivity index (χ3v) is 4.46. The molecule has 0 amide bonds. The molecule has 0 atom stereocenters. The van der Waals surface area contributed by atoms with Gasteiger partial charge in [-0.05, 0) is 42.3 Å². The van der Waals surface area contributed by atoms with Crippen LogP contribution in [0.2, 0.25) is 0 Å². The number of nitrogen functional groups attached to an aromatic ring is 1. The maximum absolute atomic E-state index is 12.2. The summed E-state index contributed by atoms with van der Waals surface area (Å²) in [6.45, 7) is 2.02. The number of hydrogen-bond donors (Lipinski definition) is 2. The Kier molecular flexibility index (Phi) is 4.50. The highest BCUT2D eigenvalue weighted by Crippen LogP contribution is 2.22. The third kappa shape index (κ3) is 3.74. The van der Waals surface area contributed by atoms with Crippen LogP contribution in [0.15, 0.2) is 47.4 Å². The molecule has 2 aromatic carbocycles. The summed E-state index contributed by atoms with van der Waals surface area (Å²) >= 11 is 0. The molecule has 2 aromatic rings. The molecule has 0 aromatic heterocycles. The van der Waals surface area contributed by atoms with Gasteiger partial charge in [-0.3, -0.25) is 0 Å². The van der Waals surface area contributed by atoms with E-state index >= 15 is 0 Å². The van der Waals surface area contributed by atoms with Crippen molar-refractivity contribution < 1.29 is 13.2 Å². The predicted molar refractivity (Wildman–Crippen MR) is 82.6 cm³/mol. The van der Waals surface area contributed by atoms with Gasteiger partial charge in [-0.2, -0.15) is 0 Å². The Balaban J connectivity index is 2.13. The van der Waals surface area contributed by atoms with Crippen LogP contribution in [-0.4, -0.2) is 15.5 Å². The molecule has 0 heterocycles. The fourth-order valence-electron chi connectivity index (χ4n) is 1.94. The average Bonchev–Trinajstić information content (AvgIpc) is 2.45. The Morgan fingerprint density at radius 3 is 2.57 bits per heavy atom. The molecule has 3 N–H and O–H groups in total. The summed E-state index contributed by atoms with van der Waals surface area (Å²) in [5, 5.41) is 0. The van der Waals surface area contributed by atoms with Crippen molar-refractivity contribution in [3.05, 3.63) is 53.6 Å². The minimum absolute atomic E-state index is 0.171. The van der Waals surface area contributed by atoms with Gasteiger partial charge in [-0.25, -0.2) is 13.1 Å². The number of anilines is 1. The fourth-order valence-corrected chi connectivity index (χ4v) is 3.06. The van der Waals surface area contributed by atoms with Crippen LogP contribution in [0.4, 0.5) is 5.69 Å². The number of rotatable bonds is 5. The topological polar surface area (TPSA) is 81.4 Å². The molecule has 2 rings (SSSR count). The summed E-state index contributed by atoms with van der Waals surface area (Å²) < 4.78 is 32.0. The smallest absolute Gasteiger partial charge is 0.240 e. The van der Waals surface area contributed by atoms with Crippen LogP contribution in [0.1, 0.15) is 11.1 Å². The maximum atomic E-state index is 12.2. The van der Waals surface area contributed by atoms with Gasteiger partial charge in [0.15, 0.2) is 0 Å². The van der Waals surface area contributed by atoms with E-state index in [0.717, 1.165) is 11.1 Å². The van der Waals surface area contributed by atoms with E-state index < -0.39 is 10.0 Å². The van der Waals surface area contributed by atoms with Crippen molar-refractivity contribution >= 4 is 15.7 Å². The molecule has 0 spiro atoms. The van der Waals surface area contributed by atoms with Crippen LogP contribution >= 0.6 is 0 Å². The van der Waals surface area contributed by atoms with Gasteiger partial charge < -0.3 is 10.5 Å². The van der Waals surface area contributed by atoms with Gasteiger partial charge >= 0.3 is 0 Å². The molecule has 0 unspecified atom stereocenters. The standard InChI is InChI=1S/C15H18N2O3S/c1-11-4-3-5-13(8-11)21(18,19)17-10-12-6-7-15(20-2)14(16)9-12/h3-9,17H,10,16H2,1-2H3. The van der Waals surface area contributed by atoms with Crippen LogP contribution in [0, 0.1) is 6.92 Å². The lowest BCUT2D eigenvalue weighted by Gasteiger charge is -2.09. The minimum Gasteiger partial charge on any atom is -0.495 e. The first-order valence-electron chi connectivity index (χ1n) is 6.41. The monoisotopic (exact) mass is 306 g/mol. The van der Waals surface area contributed by atoms with E-state index in [9.17, 15) is 8.42 Å². The zero-order valence-electron chi connectivity index (χ0n) is 12.0. The number of ether oxygens (including phenoxy) is 1. The van der Waals surface area contributed by atoms with Crippen molar-refractivity contribution in [2.75, 3.05) is 12.8 Å². The third-order valence-electron chi connectivity index (χ3n) is 3.06. The van der Waals surface area contributed by atoms with E-state index in [1.165, 1.54) is 7.11 Å². The second kappa shape index (κ2) is 6.15. The molecule has 0 radical (unpaired) electrons. The lowest BCUT2D eigenvalue weighted by molar-refractivity contribution is 0.417. The molecule has 0 fully saturated rings. The van der Waals surface area contributed by atoms with Crippen molar-refractivity contribution in [1.29, 1.82) is 0 Å². The molecule has 0 bridgehead atoms. The lowest BCUT2D eigenvalue weighted by Crippen LogP contribution is -2.23. The highest BCUT2D eigenvalue weighted by Gasteiger charge is 2.13. The molecule has 112 valence electrons. The van der Waals surface area contributed by atoms with Gasteiger partial charge in [0.25, 0.3) is 0 Å². The molecule has 0 aliphatic heterocycles. The van der Waals surface area contributed by atoms with E-state index in [4.69, 9.17) is 10.5 Å². The number of aryl methyl sites for hydroxylation is 1. The van der Waals surface area contributed by atoms with Gasteiger partial charge in [0.1, 0.15) is 5.75 Å². The first kappa shape index (κ1) is 15.3. The number of hydrogen-bond acceptors (Lipinski definition) is 4. The zero-order chi connectivity index (χ0) is 15.5. The second-order valence-electron chi connectivity index (χ2n) is 4.72. The second-order valence-corrected chi connectivity index (χ2v) is 6.48. The highest BCUT2D eigenvalue weighted by molar-refractivity contribution is 7.89. The molecular weight excluding hydrogens is 288 g/mol. The molecule has 0 aliphatic rings. The van der Waals surface area contributed by atoms with Crippen molar-refractivity contribution in [3.63, 3.8) is 0 Å². The van der Waals surface area contributed by atoms with Gasteiger partial charge in [-0.15, -0.1) is 0 Å². The molecule has 0 saturated carbocycles. The van der Waals surface area contributed by atoms with Gasteiger partial charge in [0.2, 0.25) is 10.0 Å². The van der Waals surface area contributed by atoms with Crippen molar-refractivity contribution in [2.24, 2.45) is 0 Å². The summed E-state index contributed by atoms with van der Waals surface area (Å²) in [6.07, 6.45) is 0. The number of sulfonamides is 1. The quantitative estimate of drug-likeness (QED) is 0.829. The van der Waals surface area contributed by atoms with E-state index in [1.54, 1.807) is 36.4 Å². The Hall–Kier alpha value is -2.05. The van der Waals surface area contributed by atoms with Crippen LogP contribution in [0.3, 0.4) is 0 Å². The largest absolute Gasteiger partial charge is 0.495 e. The van der Waals surface area contributed by atoms with E-state index in [1.807, 2.05) is 13.0 Å². The Labute approximate surface area is 124 Å². The fraction of sp³-hybridized carbons (Fsp3) is 0.200. The van der Waals surface area contributed by atoms with Crippen LogP contribution in [0.25, 0.3) is 0 Å². The summed E-state index contributed by atoms with van der Waals surface area (Å²) in [6, 6.07) is 11.9. The highest BCUT2D eigenvalue weighted by atomic mass is 32.2. The number of nitrogens with one attached hydrogen (secondary N) is 1. The van der Waals surface area contributed by atoms with Crippen LogP contribution in [-0.2, 0) is 16.6 Å². The van der Waals surface area contributed by atoms with Gasteiger partial charge in [0, 0.05) is 6.54 Å². The number of methoxy groups -OCH3 is 1. The SMILES string of the molecule is COc1ccc(CNS(=O)(=O)c2cccc(C)c2)cc1N. The average molecular weight is 306 g/mol. The summed E-state index contributed by atoms with van der Waals surface area (Å²) in [5.41, 5.74) is 7.94. The van der Waals surface area contributed by atoms with Gasteiger partial charge in [0.05, 0.1) is 17.7 Å². The summed E-state index contributed by atoms with van der Waals surface area (Å²) in [7, 11) is -2.00. The first-order chi connectivity index (χ1) is 9.92. The van der Waals surface area contributed by atoms with Crippen molar-refractivity contribution in [1.82, 2.24) is 4.72 Å². The molecule has 6 heteroatoms. The van der Waals surface area contributed by atoms with E-state index in [0.29, 0.717) is 11.4 Å². The summed E-state index contributed by atoms with van der Waals surface area (Å²) in [5.74, 6) is 0.570. The number of nitrogens with two attached hydrogens (primary N) is 1. The van der Waals surface area contributed by atoms with E-state index in [-0.39, 0.29) is 11.4 Å². The molecular formula is C15H18N2O3S. The van der Waals surface area contributed by atoms with Gasteiger partial charge in [-0.1, -0.05) is 18.2 Å². The molecule has 0 aliphatic carbocycles. The van der Waals surface area contributed by atoms with E-state index in [2.05, 4.69) is 4.72 Å². The normalized spacial score (nSPS) is 11.3. The lowest BCUT2D eigenvalue weighted by atomic mass is 10.2. The molecule has 21 heavy (non-hydrogen) atoms. The first-order valence-corrected chi connectivity index (χ1v) is 7.89.